The number of carbonyl (C=O) groups excluding carboxylic acids is 1. The second-order valence-electron chi connectivity index (χ2n) is 12.7. The fraction of sp³-hybridized carbons (Fsp3) is 0.306. The van der Waals surface area contributed by atoms with Gasteiger partial charge < -0.3 is 20.7 Å². The van der Waals surface area contributed by atoms with Crippen molar-refractivity contribution in [2.24, 2.45) is 7.05 Å². The summed E-state index contributed by atoms with van der Waals surface area (Å²) >= 11 is 14.1. The summed E-state index contributed by atoms with van der Waals surface area (Å²) in [5.41, 5.74) is 4.03. The molecule has 5 aromatic rings. The summed E-state index contributed by atoms with van der Waals surface area (Å²) in [6.45, 7) is 1.42. The van der Waals surface area contributed by atoms with E-state index in [1.165, 1.54) is 13.2 Å². The molecule has 7 rings (SSSR count). The molecule has 0 bridgehead atoms. The number of pyridine rings is 2. The second-order valence-corrected chi connectivity index (χ2v) is 13.4. The predicted molar refractivity (Wildman–Crippen MR) is 193 cm³/mol. The van der Waals surface area contributed by atoms with Gasteiger partial charge in [0.15, 0.2) is 0 Å². The highest BCUT2D eigenvalue weighted by Crippen LogP contribution is 2.45. The molecule has 3 aromatic heterocycles. The summed E-state index contributed by atoms with van der Waals surface area (Å²) in [5, 5.41) is 13.7. The molecular weight excluding hydrogens is 701 g/mol. The molecular formula is C36H34Cl2F2N8O3. The van der Waals surface area contributed by atoms with Gasteiger partial charge in [0.2, 0.25) is 5.88 Å². The van der Waals surface area contributed by atoms with Gasteiger partial charge in [0.25, 0.3) is 12.0 Å². The van der Waals surface area contributed by atoms with Gasteiger partial charge in [-0.15, -0.1) is 0 Å². The summed E-state index contributed by atoms with van der Waals surface area (Å²) in [4.78, 5) is 35.8. The van der Waals surface area contributed by atoms with E-state index in [1.807, 2.05) is 18.2 Å². The van der Waals surface area contributed by atoms with Crippen molar-refractivity contribution >= 4 is 51.5 Å². The second kappa shape index (κ2) is 14.0. The highest BCUT2D eigenvalue weighted by molar-refractivity contribution is 6.39. The quantitative estimate of drug-likeness (QED) is 0.140. The number of carbonyl (C=O) groups is 1. The number of benzene rings is 2. The molecule has 0 saturated carbocycles. The fourth-order valence-corrected chi connectivity index (χ4v) is 7.49. The molecule has 2 amide bonds. The number of amides is 2. The zero-order valence-corrected chi connectivity index (χ0v) is 29.4. The summed E-state index contributed by atoms with van der Waals surface area (Å²) in [6.07, 6.45) is 1.03. The van der Waals surface area contributed by atoms with Crippen molar-refractivity contribution in [2.75, 3.05) is 32.6 Å². The van der Waals surface area contributed by atoms with Gasteiger partial charge in [-0.25, -0.2) is 28.2 Å². The lowest BCUT2D eigenvalue weighted by atomic mass is 9.99. The molecule has 2 atom stereocenters. The van der Waals surface area contributed by atoms with Gasteiger partial charge in [-0.3, -0.25) is 9.69 Å². The van der Waals surface area contributed by atoms with Crippen molar-refractivity contribution in [1.82, 2.24) is 35.3 Å². The SMILES string of the molecule is COc1nc(-c2cccc(-c3cccc(Nc4nc(C(F)F)cc5cnn(C)c(=O)c45)c3Cl)c2Cl)cc2c1C(N(C)CCC1CNC(=O)N1)CC2. The van der Waals surface area contributed by atoms with Crippen LogP contribution in [-0.4, -0.2) is 64.0 Å². The molecule has 1 aliphatic heterocycles. The first-order valence-corrected chi connectivity index (χ1v) is 17.1. The number of hydrogen-bond acceptors (Lipinski definition) is 8. The number of methoxy groups -OCH3 is 1. The maximum Gasteiger partial charge on any atom is 0.315 e. The number of urea groups is 1. The van der Waals surface area contributed by atoms with Crippen LogP contribution in [0, 0.1) is 0 Å². The zero-order valence-electron chi connectivity index (χ0n) is 27.9. The van der Waals surface area contributed by atoms with Gasteiger partial charge in [-0.1, -0.05) is 53.5 Å². The third-order valence-electron chi connectivity index (χ3n) is 9.52. The Morgan fingerprint density at radius 2 is 1.82 bits per heavy atom. The number of alkyl halides is 2. The van der Waals surface area contributed by atoms with Crippen molar-refractivity contribution in [3.05, 3.63) is 91.9 Å². The van der Waals surface area contributed by atoms with Crippen LogP contribution in [0.1, 0.15) is 42.1 Å². The first-order chi connectivity index (χ1) is 24.5. The molecule has 1 fully saturated rings. The number of aromatic nitrogens is 4. The van der Waals surface area contributed by atoms with Gasteiger partial charge in [0.1, 0.15) is 11.5 Å². The lowest BCUT2D eigenvalue weighted by Crippen LogP contribution is -2.32. The molecule has 264 valence electrons. The number of hydrogen-bond donors (Lipinski definition) is 3. The van der Waals surface area contributed by atoms with E-state index in [4.69, 9.17) is 32.9 Å². The number of halogens is 4. The molecule has 1 saturated heterocycles. The molecule has 11 nitrogen and oxygen atoms in total. The smallest absolute Gasteiger partial charge is 0.315 e. The largest absolute Gasteiger partial charge is 0.481 e. The Morgan fingerprint density at radius 1 is 1.08 bits per heavy atom. The average molecular weight is 736 g/mol. The van der Waals surface area contributed by atoms with Crippen LogP contribution in [0.3, 0.4) is 0 Å². The van der Waals surface area contributed by atoms with E-state index in [-0.39, 0.29) is 39.7 Å². The Kier molecular flexibility index (Phi) is 9.53. The van der Waals surface area contributed by atoms with Crippen LogP contribution < -0.4 is 26.2 Å². The number of nitrogens with one attached hydrogen (secondary N) is 3. The molecule has 4 heterocycles. The Labute approximate surface area is 301 Å². The van der Waals surface area contributed by atoms with Crippen molar-refractivity contribution in [3.8, 4) is 28.3 Å². The summed E-state index contributed by atoms with van der Waals surface area (Å²) < 4.78 is 34.5. The van der Waals surface area contributed by atoms with Crippen LogP contribution in [0.15, 0.2) is 59.5 Å². The molecule has 3 N–H and O–H groups in total. The minimum Gasteiger partial charge on any atom is -0.481 e. The van der Waals surface area contributed by atoms with Crippen LogP contribution >= 0.6 is 23.2 Å². The van der Waals surface area contributed by atoms with Gasteiger partial charge >= 0.3 is 6.03 Å². The lowest BCUT2D eigenvalue weighted by Gasteiger charge is -2.27. The minimum absolute atomic E-state index is 0.0644. The number of ether oxygens (including phenoxy) is 1. The molecule has 0 radical (unpaired) electrons. The maximum absolute atomic E-state index is 13.8. The summed E-state index contributed by atoms with van der Waals surface area (Å²) in [5.74, 6) is 0.468. The van der Waals surface area contributed by atoms with Crippen LogP contribution in [0.4, 0.5) is 25.1 Å². The van der Waals surface area contributed by atoms with Crippen molar-refractivity contribution in [1.29, 1.82) is 0 Å². The molecule has 15 heteroatoms. The highest BCUT2D eigenvalue weighted by Gasteiger charge is 2.32. The van der Waals surface area contributed by atoms with E-state index in [0.717, 1.165) is 47.7 Å². The average Bonchev–Trinajstić information content (AvgIpc) is 3.75. The molecule has 1 aliphatic carbocycles. The highest BCUT2D eigenvalue weighted by atomic mass is 35.5. The van der Waals surface area contributed by atoms with E-state index < -0.39 is 17.7 Å². The Hall–Kier alpha value is -4.85. The van der Waals surface area contributed by atoms with Gasteiger partial charge in [-0.2, -0.15) is 5.10 Å². The molecule has 2 unspecified atom stereocenters. The van der Waals surface area contributed by atoms with E-state index in [9.17, 15) is 18.4 Å². The number of aryl methyl sites for hydroxylation is 2. The Balaban J connectivity index is 1.21. The molecule has 2 aliphatic rings. The number of fused-ring (bicyclic) bond motifs is 2. The van der Waals surface area contributed by atoms with Crippen LogP contribution in [0.5, 0.6) is 5.88 Å². The van der Waals surface area contributed by atoms with Gasteiger partial charge in [0, 0.05) is 59.9 Å². The van der Waals surface area contributed by atoms with Crippen LogP contribution in [0.2, 0.25) is 10.0 Å². The topological polar surface area (TPSA) is 126 Å². The van der Waals surface area contributed by atoms with Crippen molar-refractivity contribution < 1.29 is 18.3 Å². The van der Waals surface area contributed by atoms with Crippen molar-refractivity contribution in [2.45, 2.75) is 37.8 Å². The predicted octanol–water partition coefficient (Wildman–Crippen LogP) is 7.04. The molecule has 2 aromatic carbocycles. The van der Waals surface area contributed by atoms with Crippen LogP contribution in [0.25, 0.3) is 33.2 Å². The minimum atomic E-state index is -2.87. The third kappa shape index (κ3) is 6.57. The van der Waals surface area contributed by atoms with Crippen molar-refractivity contribution in [3.63, 3.8) is 0 Å². The monoisotopic (exact) mass is 734 g/mol. The third-order valence-corrected chi connectivity index (χ3v) is 10.3. The van der Waals surface area contributed by atoms with Gasteiger partial charge in [0.05, 0.1) is 40.1 Å². The first-order valence-electron chi connectivity index (χ1n) is 16.4. The van der Waals surface area contributed by atoms with Gasteiger partial charge in [-0.05, 0) is 50.1 Å². The lowest BCUT2D eigenvalue weighted by molar-refractivity contribution is 0.146. The summed E-state index contributed by atoms with van der Waals surface area (Å²) in [6, 6.07) is 14.1. The Bertz CT molecular complexity index is 2230. The van der Waals surface area contributed by atoms with E-state index in [1.54, 1.807) is 25.3 Å². The van der Waals surface area contributed by atoms with E-state index in [0.29, 0.717) is 45.5 Å². The molecule has 0 spiro atoms. The van der Waals surface area contributed by atoms with E-state index in [2.05, 4.69) is 44.0 Å². The number of rotatable bonds is 10. The standard InChI is InChI=1S/C36H34Cl2F2N8O3/c1-47(13-12-20-17-41-36(50)43-20)27-11-10-18-14-25(46-34(51-3)28(18)27)23-8-4-6-21(30(23)37)22-7-5-9-24(31(22)38)44-33-29-19(15-26(45-33)32(39)40)16-42-48(2)35(29)49/h4-9,14-16,20,27,32H,10-13,17H2,1-3H3,(H,44,45)(H2,41,43,50). The Morgan fingerprint density at radius 3 is 2.55 bits per heavy atom. The maximum atomic E-state index is 13.8. The molecule has 51 heavy (non-hydrogen) atoms. The fourth-order valence-electron chi connectivity index (χ4n) is 6.89. The van der Waals surface area contributed by atoms with Crippen LogP contribution in [-0.2, 0) is 13.5 Å². The zero-order chi connectivity index (χ0) is 36.0. The number of anilines is 2. The normalized spacial score (nSPS) is 16.8. The number of nitrogens with zero attached hydrogens (tertiary/aromatic N) is 5. The summed E-state index contributed by atoms with van der Waals surface area (Å²) in [7, 11) is 5.16. The van der Waals surface area contributed by atoms with E-state index >= 15 is 0 Å². The first kappa shape index (κ1) is 34.6.